The van der Waals surface area contributed by atoms with E-state index in [9.17, 15) is 9.18 Å². The fraction of sp³-hybridized carbons (Fsp3) is 0.467. The van der Waals surface area contributed by atoms with Gasteiger partial charge < -0.3 is 9.30 Å². The Balaban J connectivity index is 1.98. The highest BCUT2D eigenvalue weighted by molar-refractivity contribution is 5.74. The molecule has 0 spiro atoms. The molecule has 0 saturated carbocycles. The van der Waals surface area contributed by atoms with Crippen LogP contribution in [0.3, 0.4) is 0 Å². The molecule has 0 aliphatic carbocycles. The van der Waals surface area contributed by atoms with Crippen LogP contribution >= 0.6 is 0 Å². The van der Waals surface area contributed by atoms with Gasteiger partial charge in [0, 0.05) is 32.7 Å². The highest BCUT2D eigenvalue weighted by Gasteiger charge is 2.19. The minimum absolute atomic E-state index is 0.131. The van der Waals surface area contributed by atoms with Gasteiger partial charge in [0.25, 0.3) is 5.56 Å². The summed E-state index contributed by atoms with van der Waals surface area (Å²) in [7, 11) is 1.69. The van der Waals surface area contributed by atoms with Crippen molar-refractivity contribution in [1.82, 2.24) is 14.5 Å². The van der Waals surface area contributed by atoms with Gasteiger partial charge in [-0.15, -0.1) is 0 Å². The average molecular weight is 291 g/mol. The monoisotopic (exact) mass is 291 g/mol. The van der Waals surface area contributed by atoms with Gasteiger partial charge in [-0.25, -0.2) is 9.37 Å². The minimum atomic E-state index is -0.348. The topological polar surface area (TPSA) is 47.4 Å². The van der Waals surface area contributed by atoms with Gasteiger partial charge in [-0.1, -0.05) is 0 Å². The standard InChI is InChI=1S/C15H18FN3O2/c1-10-8-19(5-6-21-10)9-13-15(20)18(2)14-4-3-11(16)7-12(14)17-13/h3-4,7,10H,5-6,8-9H2,1-2H3/t10-/m1/s1. The second kappa shape index (κ2) is 5.54. The van der Waals surface area contributed by atoms with E-state index in [0.717, 1.165) is 13.1 Å². The molecule has 0 radical (unpaired) electrons. The van der Waals surface area contributed by atoms with Gasteiger partial charge in [-0.2, -0.15) is 0 Å². The molecule has 1 fully saturated rings. The number of aryl methyl sites for hydroxylation is 1. The number of aromatic nitrogens is 2. The first-order valence-electron chi connectivity index (χ1n) is 7.03. The van der Waals surface area contributed by atoms with Gasteiger partial charge in [0.05, 0.1) is 23.7 Å². The number of morpholine rings is 1. The van der Waals surface area contributed by atoms with Crippen molar-refractivity contribution in [3.05, 3.63) is 40.1 Å². The second-order valence-electron chi connectivity index (χ2n) is 5.47. The lowest BCUT2D eigenvalue weighted by Gasteiger charge is -2.30. The van der Waals surface area contributed by atoms with Crippen LogP contribution in [0.2, 0.25) is 0 Å². The van der Waals surface area contributed by atoms with E-state index in [1.165, 1.54) is 16.7 Å². The van der Waals surface area contributed by atoms with Crippen molar-refractivity contribution in [3.63, 3.8) is 0 Å². The predicted octanol–water partition coefficient (Wildman–Crippen LogP) is 1.29. The fourth-order valence-electron chi connectivity index (χ4n) is 2.71. The van der Waals surface area contributed by atoms with Gasteiger partial charge in [0.15, 0.2) is 0 Å². The molecule has 6 heteroatoms. The first-order valence-corrected chi connectivity index (χ1v) is 7.03. The number of ether oxygens (including phenoxy) is 1. The number of benzene rings is 1. The van der Waals surface area contributed by atoms with E-state index in [0.29, 0.717) is 29.9 Å². The Kier molecular flexibility index (Phi) is 3.73. The molecular weight excluding hydrogens is 273 g/mol. The number of rotatable bonds is 2. The summed E-state index contributed by atoms with van der Waals surface area (Å²) in [5.74, 6) is -0.348. The quantitative estimate of drug-likeness (QED) is 0.836. The van der Waals surface area contributed by atoms with Crippen molar-refractivity contribution in [3.8, 4) is 0 Å². The minimum Gasteiger partial charge on any atom is -0.376 e. The SMILES string of the molecule is C[C@@H]1CN(Cc2nc3cc(F)ccc3n(C)c2=O)CCO1. The molecular formula is C15H18FN3O2. The summed E-state index contributed by atoms with van der Waals surface area (Å²) in [5, 5.41) is 0. The molecule has 0 N–H and O–H groups in total. The molecule has 5 nitrogen and oxygen atoms in total. The predicted molar refractivity (Wildman–Crippen MR) is 77.6 cm³/mol. The zero-order valence-electron chi connectivity index (χ0n) is 12.2. The molecule has 3 rings (SSSR count). The Bertz CT molecular complexity index is 729. The summed E-state index contributed by atoms with van der Waals surface area (Å²) >= 11 is 0. The van der Waals surface area contributed by atoms with Crippen LogP contribution in [0.5, 0.6) is 0 Å². The van der Waals surface area contributed by atoms with Crippen molar-refractivity contribution < 1.29 is 9.13 Å². The molecule has 2 heterocycles. The van der Waals surface area contributed by atoms with Gasteiger partial charge in [0.2, 0.25) is 0 Å². The van der Waals surface area contributed by atoms with Gasteiger partial charge >= 0.3 is 0 Å². The fourth-order valence-corrected chi connectivity index (χ4v) is 2.71. The molecule has 1 saturated heterocycles. The highest BCUT2D eigenvalue weighted by atomic mass is 19.1. The van der Waals surface area contributed by atoms with Gasteiger partial charge in [-0.05, 0) is 19.1 Å². The number of fused-ring (bicyclic) bond motifs is 1. The summed E-state index contributed by atoms with van der Waals surface area (Å²) in [6.07, 6.45) is 0.153. The molecule has 1 aromatic carbocycles. The summed E-state index contributed by atoms with van der Waals surface area (Å²) < 4.78 is 20.4. The van der Waals surface area contributed by atoms with Crippen LogP contribution in [0.1, 0.15) is 12.6 Å². The lowest BCUT2D eigenvalue weighted by Crippen LogP contribution is -2.42. The van der Waals surface area contributed by atoms with Crippen LogP contribution in [0.4, 0.5) is 4.39 Å². The first-order chi connectivity index (χ1) is 10.0. The van der Waals surface area contributed by atoms with Crippen molar-refractivity contribution in [2.45, 2.75) is 19.6 Å². The zero-order chi connectivity index (χ0) is 15.0. The number of hydrogen-bond acceptors (Lipinski definition) is 4. The first kappa shape index (κ1) is 14.2. The van der Waals surface area contributed by atoms with E-state index in [1.54, 1.807) is 13.1 Å². The van der Waals surface area contributed by atoms with Crippen LogP contribution in [-0.2, 0) is 18.3 Å². The van der Waals surface area contributed by atoms with Crippen LogP contribution in [0, 0.1) is 5.82 Å². The van der Waals surface area contributed by atoms with Crippen molar-refractivity contribution in [1.29, 1.82) is 0 Å². The van der Waals surface area contributed by atoms with Gasteiger partial charge in [-0.3, -0.25) is 9.69 Å². The molecule has 21 heavy (non-hydrogen) atoms. The van der Waals surface area contributed by atoms with Crippen molar-refractivity contribution in [2.75, 3.05) is 19.7 Å². The summed E-state index contributed by atoms with van der Waals surface area (Å²) in [5.41, 5.74) is 1.46. The molecule has 0 unspecified atom stereocenters. The Morgan fingerprint density at radius 1 is 1.48 bits per heavy atom. The number of nitrogens with zero attached hydrogens (tertiary/aromatic N) is 3. The third-order valence-corrected chi connectivity index (χ3v) is 3.80. The molecule has 1 atom stereocenters. The van der Waals surface area contributed by atoms with E-state index in [4.69, 9.17) is 4.74 Å². The maximum atomic E-state index is 13.4. The van der Waals surface area contributed by atoms with Crippen LogP contribution < -0.4 is 5.56 Å². The highest BCUT2D eigenvalue weighted by Crippen LogP contribution is 2.13. The third-order valence-electron chi connectivity index (χ3n) is 3.80. The summed E-state index contributed by atoms with van der Waals surface area (Å²) in [6, 6.07) is 4.28. The van der Waals surface area contributed by atoms with E-state index < -0.39 is 0 Å². The Labute approximate surface area is 122 Å². The molecule has 2 aromatic rings. The van der Waals surface area contributed by atoms with Crippen LogP contribution in [0.25, 0.3) is 11.0 Å². The third kappa shape index (κ3) is 2.82. The van der Waals surface area contributed by atoms with E-state index in [1.807, 2.05) is 6.92 Å². The summed E-state index contributed by atoms with van der Waals surface area (Å²) in [4.78, 5) is 18.9. The summed E-state index contributed by atoms with van der Waals surface area (Å²) in [6.45, 7) is 4.67. The van der Waals surface area contributed by atoms with Crippen LogP contribution in [0.15, 0.2) is 23.0 Å². The Hall–Kier alpha value is -1.79. The molecule has 112 valence electrons. The number of halogens is 1. The largest absolute Gasteiger partial charge is 0.376 e. The maximum Gasteiger partial charge on any atom is 0.273 e. The lowest BCUT2D eigenvalue weighted by molar-refractivity contribution is -0.0217. The van der Waals surface area contributed by atoms with Gasteiger partial charge in [0.1, 0.15) is 11.5 Å². The van der Waals surface area contributed by atoms with E-state index in [-0.39, 0.29) is 17.5 Å². The van der Waals surface area contributed by atoms with E-state index >= 15 is 0 Å². The molecule has 1 aromatic heterocycles. The Morgan fingerprint density at radius 2 is 2.29 bits per heavy atom. The average Bonchev–Trinajstić information content (AvgIpc) is 2.44. The van der Waals surface area contributed by atoms with Crippen molar-refractivity contribution in [2.24, 2.45) is 7.05 Å². The van der Waals surface area contributed by atoms with Crippen molar-refractivity contribution >= 4 is 11.0 Å². The number of hydrogen-bond donors (Lipinski definition) is 0. The molecule has 1 aliphatic rings. The molecule has 1 aliphatic heterocycles. The smallest absolute Gasteiger partial charge is 0.273 e. The zero-order valence-corrected chi connectivity index (χ0v) is 12.2. The lowest BCUT2D eigenvalue weighted by atomic mass is 10.2. The Morgan fingerprint density at radius 3 is 3.05 bits per heavy atom. The maximum absolute atomic E-state index is 13.4. The van der Waals surface area contributed by atoms with Crippen LogP contribution in [-0.4, -0.2) is 40.3 Å². The molecule has 0 amide bonds. The second-order valence-corrected chi connectivity index (χ2v) is 5.47. The van der Waals surface area contributed by atoms with E-state index in [2.05, 4.69) is 9.88 Å². The molecule has 0 bridgehead atoms. The normalized spacial score (nSPS) is 20.0.